The van der Waals surface area contributed by atoms with E-state index in [1.54, 1.807) is 36.4 Å². The van der Waals surface area contributed by atoms with Crippen LogP contribution in [0.4, 0.5) is 0 Å². The third kappa shape index (κ3) is 4.06. The van der Waals surface area contributed by atoms with Gasteiger partial charge in [0.2, 0.25) is 0 Å². The van der Waals surface area contributed by atoms with Gasteiger partial charge in [0.25, 0.3) is 17.4 Å². The Morgan fingerprint density at radius 3 is 2.74 bits per heavy atom. The molecule has 138 valence electrons. The lowest BCUT2D eigenvalue weighted by atomic mass is 10.2. The number of halogens is 1. The van der Waals surface area contributed by atoms with Crippen molar-refractivity contribution in [1.29, 1.82) is 0 Å². The van der Waals surface area contributed by atoms with Gasteiger partial charge in [0.1, 0.15) is 12.3 Å². The minimum absolute atomic E-state index is 0.164. The first-order valence-electron chi connectivity index (χ1n) is 7.87. The summed E-state index contributed by atoms with van der Waals surface area (Å²) in [5.41, 5.74) is 5.39. The summed E-state index contributed by atoms with van der Waals surface area (Å²) >= 11 is 5.89. The van der Waals surface area contributed by atoms with Gasteiger partial charge in [-0.1, -0.05) is 23.7 Å². The Morgan fingerprint density at radius 2 is 1.96 bits per heavy atom. The lowest BCUT2D eigenvalue weighted by Crippen LogP contribution is -2.44. The first-order valence-corrected chi connectivity index (χ1v) is 8.24. The topological polar surface area (TPSA) is 102 Å². The quantitative estimate of drug-likeness (QED) is 0.662. The number of para-hydroxylation sites is 2. The molecule has 3 rings (SSSR count). The van der Waals surface area contributed by atoms with Crippen LogP contribution in [0.2, 0.25) is 5.02 Å². The van der Waals surface area contributed by atoms with Crippen LogP contribution in [0.25, 0.3) is 11.0 Å². The Balaban J connectivity index is 1.73. The molecule has 0 spiro atoms. The predicted molar refractivity (Wildman–Crippen MR) is 99.6 cm³/mol. The Hall–Kier alpha value is -3.39. The predicted octanol–water partition coefficient (Wildman–Crippen LogP) is 1.52. The zero-order valence-electron chi connectivity index (χ0n) is 14.2. The molecule has 0 saturated carbocycles. The van der Waals surface area contributed by atoms with Gasteiger partial charge >= 0.3 is 0 Å². The van der Waals surface area contributed by atoms with E-state index < -0.39 is 17.4 Å². The second kappa shape index (κ2) is 7.88. The number of hydrogen-bond acceptors (Lipinski definition) is 5. The molecule has 0 bridgehead atoms. The average Bonchev–Trinajstić information content (AvgIpc) is 2.68. The number of nitrogens with one attached hydrogen (secondary N) is 2. The fourth-order valence-electron chi connectivity index (χ4n) is 2.51. The van der Waals surface area contributed by atoms with E-state index in [0.29, 0.717) is 21.8 Å². The number of nitrogens with zero attached hydrogens (tertiary/aromatic N) is 2. The number of methoxy groups -OCH3 is 1. The molecule has 2 amide bonds. The van der Waals surface area contributed by atoms with Gasteiger partial charge < -0.3 is 4.74 Å². The summed E-state index contributed by atoms with van der Waals surface area (Å²) in [4.78, 5) is 40.6. The SMILES string of the molecule is COc1ccc(Cl)cc1C(=O)NNC(=O)Cn1c(=O)cnc2ccccc21. The first kappa shape index (κ1) is 18.4. The number of benzene rings is 2. The number of carbonyl (C=O) groups is 2. The molecule has 9 heteroatoms. The molecule has 0 atom stereocenters. The number of ether oxygens (including phenoxy) is 1. The molecule has 0 saturated heterocycles. The number of hydrazine groups is 1. The molecule has 2 aromatic carbocycles. The van der Waals surface area contributed by atoms with Crippen molar-refractivity contribution in [3.8, 4) is 5.75 Å². The van der Waals surface area contributed by atoms with E-state index in [1.807, 2.05) is 0 Å². The Bertz CT molecular complexity index is 1080. The van der Waals surface area contributed by atoms with Crippen LogP contribution >= 0.6 is 11.6 Å². The smallest absolute Gasteiger partial charge is 0.273 e. The molecular weight excluding hydrogens is 372 g/mol. The molecule has 0 fully saturated rings. The highest BCUT2D eigenvalue weighted by Gasteiger charge is 2.14. The van der Waals surface area contributed by atoms with Gasteiger partial charge in [-0.2, -0.15) is 0 Å². The average molecular weight is 387 g/mol. The van der Waals surface area contributed by atoms with Crippen LogP contribution in [0.15, 0.2) is 53.5 Å². The monoisotopic (exact) mass is 386 g/mol. The van der Waals surface area contributed by atoms with Crippen LogP contribution in [0.1, 0.15) is 10.4 Å². The lowest BCUT2D eigenvalue weighted by Gasteiger charge is -2.12. The number of rotatable bonds is 4. The molecule has 0 aliphatic carbocycles. The highest BCUT2D eigenvalue weighted by molar-refractivity contribution is 6.31. The van der Waals surface area contributed by atoms with Crippen LogP contribution < -0.4 is 21.1 Å². The van der Waals surface area contributed by atoms with Gasteiger partial charge in [-0.05, 0) is 30.3 Å². The maximum absolute atomic E-state index is 12.3. The molecule has 1 heterocycles. The fourth-order valence-corrected chi connectivity index (χ4v) is 2.68. The van der Waals surface area contributed by atoms with Crippen LogP contribution in [-0.2, 0) is 11.3 Å². The van der Waals surface area contributed by atoms with Gasteiger partial charge in [-0.3, -0.25) is 29.8 Å². The largest absolute Gasteiger partial charge is 0.496 e. The Kier molecular flexibility index (Phi) is 5.37. The van der Waals surface area contributed by atoms with Crippen molar-refractivity contribution in [2.45, 2.75) is 6.54 Å². The van der Waals surface area contributed by atoms with E-state index in [1.165, 1.54) is 17.7 Å². The van der Waals surface area contributed by atoms with E-state index in [0.717, 1.165) is 6.20 Å². The molecule has 0 aliphatic heterocycles. The molecule has 0 unspecified atom stereocenters. The van der Waals surface area contributed by atoms with Crippen molar-refractivity contribution in [3.63, 3.8) is 0 Å². The van der Waals surface area contributed by atoms with Crippen molar-refractivity contribution in [1.82, 2.24) is 20.4 Å². The highest BCUT2D eigenvalue weighted by atomic mass is 35.5. The van der Waals surface area contributed by atoms with Gasteiger partial charge in [-0.25, -0.2) is 4.98 Å². The van der Waals surface area contributed by atoms with Crippen LogP contribution in [0.5, 0.6) is 5.75 Å². The van der Waals surface area contributed by atoms with E-state index in [4.69, 9.17) is 16.3 Å². The van der Waals surface area contributed by atoms with E-state index in [2.05, 4.69) is 15.8 Å². The normalized spacial score (nSPS) is 10.4. The molecule has 1 aromatic heterocycles. The van der Waals surface area contributed by atoms with E-state index in [-0.39, 0.29) is 12.1 Å². The molecule has 0 radical (unpaired) electrons. The zero-order chi connectivity index (χ0) is 19.4. The third-order valence-corrected chi connectivity index (χ3v) is 4.01. The second-order valence-electron chi connectivity index (χ2n) is 5.52. The molecular formula is C18H15ClN4O4. The van der Waals surface area contributed by atoms with Gasteiger partial charge in [-0.15, -0.1) is 0 Å². The summed E-state index contributed by atoms with van der Waals surface area (Å²) in [6.07, 6.45) is 1.14. The van der Waals surface area contributed by atoms with Gasteiger partial charge in [0.05, 0.1) is 29.9 Å². The lowest BCUT2D eigenvalue weighted by molar-refractivity contribution is -0.122. The zero-order valence-corrected chi connectivity index (χ0v) is 15.0. The van der Waals surface area contributed by atoms with Crippen molar-refractivity contribution in [2.24, 2.45) is 0 Å². The highest BCUT2D eigenvalue weighted by Crippen LogP contribution is 2.22. The minimum Gasteiger partial charge on any atom is -0.496 e. The summed E-state index contributed by atoms with van der Waals surface area (Å²) in [7, 11) is 1.42. The standard InChI is InChI=1S/C18H15ClN4O4/c1-27-15-7-6-11(19)8-12(15)18(26)22-21-16(24)10-23-14-5-3-2-4-13(14)20-9-17(23)25/h2-9H,10H2,1H3,(H,21,24)(H,22,26). The van der Waals surface area contributed by atoms with Crippen LogP contribution in [0.3, 0.4) is 0 Å². The molecule has 2 N–H and O–H groups in total. The Labute approximate surface area is 158 Å². The van der Waals surface area contributed by atoms with Crippen molar-refractivity contribution in [2.75, 3.05) is 7.11 Å². The number of fused-ring (bicyclic) bond motifs is 1. The van der Waals surface area contributed by atoms with Crippen molar-refractivity contribution < 1.29 is 14.3 Å². The fraction of sp³-hybridized carbons (Fsp3) is 0.111. The van der Waals surface area contributed by atoms with Crippen LogP contribution in [0, 0.1) is 0 Å². The summed E-state index contributed by atoms with van der Waals surface area (Å²) in [5, 5.41) is 0.349. The van der Waals surface area contributed by atoms with Crippen molar-refractivity contribution in [3.05, 3.63) is 69.6 Å². The second-order valence-corrected chi connectivity index (χ2v) is 5.95. The summed E-state index contributed by atoms with van der Waals surface area (Å²) in [6, 6.07) is 11.5. The number of amides is 2. The number of aromatic nitrogens is 2. The van der Waals surface area contributed by atoms with Gasteiger partial charge in [0.15, 0.2) is 0 Å². The van der Waals surface area contributed by atoms with Crippen molar-refractivity contribution >= 4 is 34.4 Å². The van der Waals surface area contributed by atoms with Crippen LogP contribution in [-0.4, -0.2) is 28.5 Å². The summed E-state index contributed by atoms with van der Waals surface area (Å²) in [5.74, 6) is -0.875. The molecule has 27 heavy (non-hydrogen) atoms. The first-order chi connectivity index (χ1) is 13.0. The number of carbonyl (C=O) groups excluding carboxylic acids is 2. The Morgan fingerprint density at radius 1 is 1.19 bits per heavy atom. The molecule has 3 aromatic rings. The maximum atomic E-state index is 12.3. The summed E-state index contributed by atoms with van der Waals surface area (Å²) in [6.45, 7) is -0.283. The number of hydrogen-bond donors (Lipinski definition) is 2. The minimum atomic E-state index is -0.602. The third-order valence-electron chi connectivity index (χ3n) is 3.78. The molecule has 8 nitrogen and oxygen atoms in total. The maximum Gasteiger partial charge on any atom is 0.273 e. The summed E-state index contributed by atoms with van der Waals surface area (Å²) < 4.78 is 6.37. The molecule has 0 aliphatic rings. The van der Waals surface area contributed by atoms with E-state index in [9.17, 15) is 14.4 Å². The van der Waals surface area contributed by atoms with Gasteiger partial charge in [0, 0.05) is 5.02 Å². The van der Waals surface area contributed by atoms with E-state index >= 15 is 0 Å².